The van der Waals surface area contributed by atoms with E-state index in [1.807, 2.05) is 4.90 Å². The number of hydrogen-bond donors (Lipinski definition) is 2. The Balaban J connectivity index is 1.58. The molecule has 3 rings (SSSR count). The molecule has 1 aliphatic carbocycles. The second-order valence-electron chi connectivity index (χ2n) is 5.19. The lowest BCUT2D eigenvalue weighted by molar-refractivity contribution is -0.128. The standard InChI is InChI=1S/C12H19N5O2S/c18-10(16-6-1-4-13-5-7-16)8-20-12-15-14-11(19)17(12)9-2-3-9/h9,13H,1-8H2,(H,14,19). The van der Waals surface area contributed by atoms with Crippen molar-refractivity contribution < 1.29 is 4.79 Å². The Hall–Kier alpha value is -1.28. The minimum atomic E-state index is -0.165. The molecular formula is C12H19N5O2S. The number of carbonyl (C=O) groups is 1. The van der Waals surface area contributed by atoms with Crippen molar-refractivity contribution >= 4 is 17.7 Å². The van der Waals surface area contributed by atoms with Crippen molar-refractivity contribution in [2.45, 2.75) is 30.5 Å². The first kappa shape index (κ1) is 13.7. The van der Waals surface area contributed by atoms with Crippen molar-refractivity contribution in [1.82, 2.24) is 25.0 Å². The third-order valence-electron chi connectivity index (χ3n) is 3.60. The highest BCUT2D eigenvalue weighted by atomic mass is 32.2. The molecule has 1 aromatic rings. The zero-order valence-electron chi connectivity index (χ0n) is 11.3. The van der Waals surface area contributed by atoms with Crippen molar-refractivity contribution in [2.24, 2.45) is 0 Å². The monoisotopic (exact) mass is 297 g/mol. The number of nitrogens with one attached hydrogen (secondary N) is 2. The normalized spacial score (nSPS) is 19.9. The smallest absolute Gasteiger partial charge is 0.341 e. The van der Waals surface area contributed by atoms with Crippen LogP contribution in [0.5, 0.6) is 0 Å². The highest BCUT2D eigenvalue weighted by Crippen LogP contribution is 2.35. The summed E-state index contributed by atoms with van der Waals surface area (Å²) < 4.78 is 1.68. The largest absolute Gasteiger partial charge is 0.344 e. The molecule has 2 heterocycles. The summed E-state index contributed by atoms with van der Waals surface area (Å²) in [5, 5.41) is 10.4. The zero-order chi connectivity index (χ0) is 13.9. The van der Waals surface area contributed by atoms with E-state index in [9.17, 15) is 9.59 Å². The predicted molar refractivity (Wildman–Crippen MR) is 75.9 cm³/mol. The highest BCUT2D eigenvalue weighted by molar-refractivity contribution is 7.99. The molecule has 2 fully saturated rings. The number of rotatable bonds is 4. The SMILES string of the molecule is O=C(CSc1n[nH]c(=O)n1C1CC1)N1CCCNCC1. The number of aromatic nitrogens is 3. The molecular weight excluding hydrogens is 278 g/mol. The molecule has 0 radical (unpaired) electrons. The Bertz CT molecular complexity index is 528. The van der Waals surface area contributed by atoms with Crippen LogP contribution >= 0.6 is 11.8 Å². The molecule has 20 heavy (non-hydrogen) atoms. The van der Waals surface area contributed by atoms with Gasteiger partial charge < -0.3 is 10.2 Å². The molecule has 1 saturated carbocycles. The summed E-state index contributed by atoms with van der Waals surface area (Å²) >= 11 is 1.35. The van der Waals surface area contributed by atoms with Crippen LogP contribution in [0.1, 0.15) is 25.3 Å². The molecule has 0 aromatic carbocycles. The van der Waals surface area contributed by atoms with Gasteiger partial charge in [-0.1, -0.05) is 11.8 Å². The topological polar surface area (TPSA) is 83.0 Å². The van der Waals surface area contributed by atoms with E-state index in [1.165, 1.54) is 11.8 Å². The van der Waals surface area contributed by atoms with Gasteiger partial charge in [-0.2, -0.15) is 0 Å². The molecule has 7 nitrogen and oxygen atoms in total. The van der Waals surface area contributed by atoms with Crippen LogP contribution in [0.25, 0.3) is 0 Å². The fourth-order valence-electron chi connectivity index (χ4n) is 2.36. The Morgan fingerprint density at radius 1 is 1.35 bits per heavy atom. The van der Waals surface area contributed by atoms with Gasteiger partial charge in [-0.25, -0.2) is 9.89 Å². The van der Waals surface area contributed by atoms with E-state index in [-0.39, 0.29) is 17.6 Å². The maximum Gasteiger partial charge on any atom is 0.344 e. The summed E-state index contributed by atoms with van der Waals surface area (Å²) in [6.45, 7) is 3.39. The van der Waals surface area contributed by atoms with Gasteiger partial charge in [0.05, 0.1) is 5.75 Å². The Morgan fingerprint density at radius 3 is 3.00 bits per heavy atom. The molecule has 2 N–H and O–H groups in total. The molecule has 0 unspecified atom stereocenters. The summed E-state index contributed by atoms with van der Waals surface area (Å²) in [7, 11) is 0. The lowest BCUT2D eigenvalue weighted by atomic mass is 10.4. The molecule has 8 heteroatoms. The van der Waals surface area contributed by atoms with Crippen LogP contribution in [-0.2, 0) is 4.79 Å². The van der Waals surface area contributed by atoms with Crippen LogP contribution in [-0.4, -0.2) is 57.5 Å². The van der Waals surface area contributed by atoms with Gasteiger partial charge in [-0.3, -0.25) is 9.36 Å². The van der Waals surface area contributed by atoms with Gasteiger partial charge in [0.2, 0.25) is 5.91 Å². The molecule has 0 bridgehead atoms. The number of hydrogen-bond acceptors (Lipinski definition) is 5. The fraction of sp³-hybridized carbons (Fsp3) is 0.750. The van der Waals surface area contributed by atoms with Crippen LogP contribution < -0.4 is 11.0 Å². The molecule has 1 saturated heterocycles. The highest BCUT2D eigenvalue weighted by Gasteiger charge is 2.29. The molecule has 110 valence electrons. The zero-order valence-corrected chi connectivity index (χ0v) is 12.1. The van der Waals surface area contributed by atoms with Crippen LogP contribution in [0.2, 0.25) is 0 Å². The number of amides is 1. The third kappa shape index (κ3) is 3.06. The van der Waals surface area contributed by atoms with Gasteiger partial charge in [0, 0.05) is 25.7 Å². The minimum absolute atomic E-state index is 0.122. The van der Waals surface area contributed by atoms with Gasteiger partial charge in [0.15, 0.2) is 5.16 Å². The molecule has 0 atom stereocenters. The van der Waals surface area contributed by atoms with Crippen molar-refractivity contribution in [3.8, 4) is 0 Å². The second-order valence-corrected chi connectivity index (χ2v) is 6.13. The van der Waals surface area contributed by atoms with E-state index in [0.29, 0.717) is 10.9 Å². The quantitative estimate of drug-likeness (QED) is 0.753. The molecule has 2 aliphatic rings. The first-order valence-electron chi connectivity index (χ1n) is 7.04. The Morgan fingerprint density at radius 2 is 2.20 bits per heavy atom. The lowest BCUT2D eigenvalue weighted by Gasteiger charge is -2.19. The van der Waals surface area contributed by atoms with Crippen LogP contribution in [0, 0.1) is 0 Å². The average Bonchev–Trinajstić information content (AvgIpc) is 3.24. The number of aromatic amines is 1. The van der Waals surface area contributed by atoms with E-state index in [1.54, 1.807) is 4.57 Å². The summed E-state index contributed by atoms with van der Waals surface area (Å²) in [6, 6.07) is 0.279. The number of nitrogens with zero attached hydrogens (tertiary/aromatic N) is 3. The van der Waals surface area contributed by atoms with E-state index in [4.69, 9.17) is 0 Å². The van der Waals surface area contributed by atoms with Crippen molar-refractivity contribution in [1.29, 1.82) is 0 Å². The first-order chi connectivity index (χ1) is 9.75. The maximum atomic E-state index is 12.2. The van der Waals surface area contributed by atoms with Gasteiger partial charge in [0.25, 0.3) is 0 Å². The van der Waals surface area contributed by atoms with Crippen molar-refractivity contribution in [3.63, 3.8) is 0 Å². The van der Waals surface area contributed by atoms with E-state index >= 15 is 0 Å². The maximum absolute atomic E-state index is 12.2. The Labute approximate surface area is 121 Å². The molecule has 1 aromatic heterocycles. The minimum Gasteiger partial charge on any atom is -0.341 e. The number of H-pyrrole nitrogens is 1. The lowest BCUT2D eigenvalue weighted by Crippen LogP contribution is -2.35. The predicted octanol–water partition coefficient (Wildman–Crippen LogP) is -0.180. The van der Waals surface area contributed by atoms with Crippen LogP contribution in [0.4, 0.5) is 0 Å². The number of carbonyl (C=O) groups excluding carboxylic acids is 1. The molecule has 1 aliphatic heterocycles. The van der Waals surface area contributed by atoms with Gasteiger partial charge in [-0.15, -0.1) is 5.10 Å². The summed E-state index contributed by atoms with van der Waals surface area (Å²) in [5.41, 5.74) is -0.165. The summed E-state index contributed by atoms with van der Waals surface area (Å²) in [5.74, 6) is 0.466. The second kappa shape index (κ2) is 6.01. The fourth-order valence-corrected chi connectivity index (χ4v) is 3.28. The van der Waals surface area contributed by atoms with E-state index in [0.717, 1.165) is 45.4 Å². The average molecular weight is 297 g/mol. The molecule has 1 amide bonds. The van der Waals surface area contributed by atoms with Crippen molar-refractivity contribution in [3.05, 3.63) is 10.5 Å². The summed E-state index contributed by atoms with van der Waals surface area (Å²) in [6.07, 6.45) is 3.04. The number of thioether (sulfide) groups is 1. The third-order valence-corrected chi connectivity index (χ3v) is 4.54. The van der Waals surface area contributed by atoms with Crippen molar-refractivity contribution in [2.75, 3.05) is 31.9 Å². The van der Waals surface area contributed by atoms with Gasteiger partial charge in [-0.05, 0) is 25.8 Å². The summed E-state index contributed by atoms with van der Waals surface area (Å²) in [4.78, 5) is 25.7. The van der Waals surface area contributed by atoms with Crippen LogP contribution in [0.3, 0.4) is 0 Å². The van der Waals surface area contributed by atoms with Crippen LogP contribution in [0.15, 0.2) is 9.95 Å². The molecule has 0 spiro atoms. The first-order valence-corrected chi connectivity index (χ1v) is 8.02. The van der Waals surface area contributed by atoms with Gasteiger partial charge >= 0.3 is 5.69 Å². The van der Waals surface area contributed by atoms with Gasteiger partial charge in [0.1, 0.15) is 0 Å². The van der Waals surface area contributed by atoms with E-state index in [2.05, 4.69) is 15.5 Å². The Kier molecular flexibility index (Phi) is 4.11. The van der Waals surface area contributed by atoms with E-state index < -0.39 is 0 Å².